The fourth-order valence-electron chi connectivity index (χ4n) is 1.31. The zero-order valence-corrected chi connectivity index (χ0v) is 10.9. The number of ether oxygens (including phenoxy) is 1. The number of carboxylic acids is 1. The number of nitrogens with zero attached hydrogens (tertiary/aromatic N) is 1. The molecule has 0 atom stereocenters. The molecule has 1 aromatic carbocycles. The van der Waals surface area contributed by atoms with Gasteiger partial charge >= 0.3 is 5.97 Å². The van der Waals surface area contributed by atoms with Gasteiger partial charge in [-0.15, -0.1) is 11.3 Å². The van der Waals surface area contributed by atoms with E-state index in [-0.39, 0.29) is 5.69 Å². The van der Waals surface area contributed by atoms with E-state index >= 15 is 0 Å². The summed E-state index contributed by atoms with van der Waals surface area (Å²) < 4.78 is 5.50. The summed E-state index contributed by atoms with van der Waals surface area (Å²) >= 11 is 7.08. The zero-order chi connectivity index (χ0) is 13.0. The molecule has 6 heteroatoms. The number of benzene rings is 1. The number of hydrogen-bond donors (Lipinski definition) is 1. The molecular weight excluding hydrogens is 274 g/mol. The summed E-state index contributed by atoms with van der Waals surface area (Å²) in [5.74, 6) is -0.273. The molecular formula is C12H10ClNO3S. The molecule has 0 spiro atoms. The Morgan fingerprint density at radius 3 is 2.72 bits per heavy atom. The van der Waals surface area contributed by atoms with Crippen LogP contribution in [0.4, 0.5) is 0 Å². The number of halogens is 1. The average molecular weight is 284 g/mol. The van der Waals surface area contributed by atoms with Gasteiger partial charge in [0.05, 0.1) is 11.6 Å². The summed E-state index contributed by atoms with van der Waals surface area (Å²) in [6, 6.07) is 7.07. The van der Waals surface area contributed by atoms with Gasteiger partial charge in [0, 0.05) is 16.8 Å². The maximum atomic E-state index is 10.6. The molecule has 0 amide bonds. The van der Waals surface area contributed by atoms with Crippen LogP contribution in [0.15, 0.2) is 29.6 Å². The van der Waals surface area contributed by atoms with Gasteiger partial charge in [-0.25, -0.2) is 9.78 Å². The third-order valence-electron chi connectivity index (χ3n) is 2.17. The Labute approximate surface area is 113 Å². The predicted octanol–water partition coefficient (Wildman–Crippen LogP) is 3.12. The van der Waals surface area contributed by atoms with Crippen LogP contribution in [0.3, 0.4) is 0 Å². The summed E-state index contributed by atoms with van der Waals surface area (Å²) in [6.45, 7) is 0.453. The topological polar surface area (TPSA) is 59.4 Å². The summed E-state index contributed by atoms with van der Waals surface area (Å²) in [5, 5.41) is 11.7. The van der Waals surface area contributed by atoms with Crippen molar-refractivity contribution in [2.75, 3.05) is 6.61 Å². The lowest BCUT2D eigenvalue weighted by Gasteiger charge is -2.04. The average Bonchev–Trinajstić information content (AvgIpc) is 2.81. The van der Waals surface area contributed by atoms with Gasteiger partial charge in [-0.3, -0.25) is 0 Å². The summed E-state index contributed by atoms with van der Waals surface area (Å²) in [5.41, 5.74) is 0.0847. The monoisotopic (exact) mass is 283 g/mol. The lowest BCUT2D eigenvalue weighted by atomic mass is 10.3. The second-order valence-electron chi connectivity index (χ2n) is 3.48. The Morgan fingerprint density at radius 2 is 2.11 bits per heavy atom. The second kappa shape index (κ2) is 5.84. The van der Waals surface area contributed by atoms with Gasteiger partial charge in [-0.1, -0.05) is 11.6 Å². The van der Waals surface area contributed by atoms with E-state index in [0.29, 0.717) is 18.1 Å². The van der Waals surface area contributed by atoms with Crippen LogP contribution in [0.25, 0.3) is 0 Å². The molecule has 2 aromatic rings. The molecule has 0 fully saturated rings. The third-order valence-corrected chi connectivity index (χ3v) is 3.33. The van der Waals surface area contributed by atoms with E-state index in [2.05, 4.69) is 4.98 Å². The van der Waals surface area contributed by atoms with Crippen LogP contribution >= 0.6 is 22.9 Å². The van der Waals surface area contributed by atoms with Gasteiger partial charge in [0.15, 0.2) is 5.69 Å². The minimum atomic E-state index is -1.00. The van der Waals surface area contributed by atoms with Crippen LogP contribution in [-0.4, -0.2) is 22.7 Å². The molecule has 0 unspecified atom stereocenters. The quantitative estimate of drug-likeness (QED) is 0.916. The van der Waals surface area contributed by atoms with E-state index in [9.17, 15) is 4.79 Å². The Hall–Kier alpha value is -1.59. The van der Waals surface area contributed by atoms with Crippen LogP contribution in [0.1, 0.15) is 15.5 Å². The highest BCUT2D eigenvalue weighted by atomic mass is 35.5. The minimum absolute atomic E-state index is 0.0847. The standard InChI is InChI=1S/C12H10ClNO3S/c13-8-1-3-9(4-2-8)17-6-5-11-14-10(7-18-11)12(15)16/h1-4,7H,5-6H2,(H,15,16). The van der Waals surface area contributed by atoms with E-state index in [1.165, 1.54) is 16.7 Å². The maximum absolute atomic E-state index is 10.6. The molecule has 1 aromatic heterocycles. The highest BCUT2D eigenvalue weighted by molar-refractivity contribution is 7.09. The van der Waals surface area contributed by atoms with Crippen LogP contribution in [-0.2, 0) is 6.42 Å². The molecule has 0 bridgehead atoms. The fourth-order valence-corrected chi connectivity index (χ4v) is 2.19. The molecule has 18 heavy (non-hydrogen) atoms. The first-order valence-electron chi connectivity index (χ1n) is 5.21. The van der Waals surface area contributed by atoms with Crippen molar-refractivity contribution in [1.29, 1.82) is 0 Å². The van der Waals surface area contributed by atoms with Crippen molar-refractivity contribution < 1.29 is 14.6 Å². The van der Waals surface area contributed by atoms with E-state index in [1.807, 2.05) is 0 Å². The molecule has 0 aliphatic rings. The molecule has 2 rings (SSSR count). The van der Waals surface area contributed by atoms with Crippen LogP contribution in [0.2, 0.25) is 5.02 Å². The highest BCUT2D eigenvalue weighted by Gasteiger charge is 2.08. The van der Waals surface area contributed by atoms with Crippen molar-refractivity contribution >= 4 is 28.9 Å². The smallest absolute Gasteiger partial charge is 0.355 e. The van der Waals surface area contributed by atoms with Gasteiger partial charge in [0.1, 0.15) is 5.75 Å². The number of aromatic nitrogens is 1. The molecule has 1 N–H and O–H groups in total. The van der Waals surface area contributed by atoms with Crippen molar-refractivity contribution in [2.45, 2.75) is 6.42 Å². The Morgan fingerprint density at radius 1 is 1.39 bits per heavy atom. The third kappa shape index (κ3) is 3.45. The molecule has 0 aliphatic carbocycles. The van der Waals surface area contributed by atoms with E-state index < -0.39 is 5.97 Å². The lowest BCUT2D eigenvalue weighted by molar-refractivity contribution is 0.0691. The van der Waals surface area contributed by atoms with Crippen LogP contribution < -0.4 is 4.74 Å². The number of hydrogen-bond acceptors (Lipinski definition) is 4. The van der Waals surface area contributed by atoms with Gasteiger partial charge in [0.25, 0.3) is 0 Å². The molecule has 0 radical (unpaired) electrons. The van der Waals surface area contributed by atoms with Crippen molar-refractivity contribution in [3.63, 3.8) is 0 Å². The SMILES string of the molecule is O=C(O)c1csc(CCOc2ccc(Cl)cc2)n1. The molecule has 0 aliphatic heterocycles. The van der Waals surface area contributed by atoms with Gasteiger partial charge in [-0.05, 0) is 24.3 Å². The molecule has 4 nitrogen and oxygen atoms in total. The summed E-state index contributed by atoms with van der Waals surface area (Å²) in [7, 11) is 0. The summed E-state index contributed by atoms with van der Waals surface area (Å²) in [6.07, 6.45) is 0.584. The fraction of sp³-hybridized carbons (Fsp3) is 0.167. The van der Waals surface area contributed by atoms with E-state index in [1.54, 1.807) is 24.3 Å². The minimum Gasteiger partial charge on any atom is -0.493 e. The maximum Gasteiger partial charge on any atom is 0.355 e. The predicted molar refractivity (Wildman–Crippen MR) is 69.7 cm³/mol. The Balaban J connectivity index is 1.84. The number of carboxylic acid groups (broad SMARTS) is 1. The van der Waals surface area contributed by atoms with Crippen molar-refractivity contribution in [3.8, 4) is 5.75 Å². The highest BCUT2D eigenvalue weighted by Crippen LogP contribution is 2.16. The number of carbonyl (C=O) groups is 1. The first-order valence-corrected chi connectivity index (χ1v) is 6.47. The lowest BCUT2D eigenvalue weighted by Crippen LogP contribution is -2.02. The van der Waals surface area contributed by atoms with Crippen molar-refractivity contribution in [3.05, 3.63) is 45.4 Å². The Bertz CT molecular complexity index is 539. The largest absolute Gasteiger partial charge is 0.493 e. The van der Waals surface area contributed by atoms with Gasteiger partial charge in [0.2, 0.25) is 0 Å². The van der Waals surface area contributed by atoms with Gasteiger partial charge in [-0.2, -0.15) is 0 Å². The first-order chi connectivity index (χ1) is 8.65. The molecule has 0 saturated heterocycles. The molecule has 94 valence electrons. The summed E-state index contributed by atoms with van der Waals surface area (Å²) in [4.78, 5) is 14.6. The zero-order valence-electron chi connectivity index (χ0n) is 9.30. The van der Waals surface area contributed by atoms with E-state index in [0.717, 1.165) is 10.8 Å². The second-order valence-corrected chi connectivity index (χ2v) is 4.86. The number of thiazole rings is 1. The molecule has 0 saturated carbocycles. The first kappa shape index (κ1) is 12.9. The van der Waals surface area contributed by atoms with Crippen molar-refractivity contribution in [2.24, 2.45) is 0 Å². The van der Waals surface area contributed by atoms with Crippen molar-refractivity contribution in [1.82, 2.24) is 4.98 Å². The van der Waals surface area contributed by atoms with Gasteiger partial charge < -0.3 is 9.84 Å². The van der Waals surface area contributed by atoms with Crippen LogP contribution in [0.5, 0.6) is 5.75 Å². The van der Waals surface area contributed by atoms with Crippen LogP contribution in [0, 0.1) is 0 Å². The van der Waals surface area contributed by atoms with E-state index in [4.69, 9.17) is 21.4 Å². The Kier molecular flexibility index (Phi) is 4.17. The number of aromatic carboxylic acids is 1. The number of rotatable bonds is 5. The normalized spacial score (nSPS) is 10.3. The molecule has 1 heterocycles.